The number of hydrogen-bond donors (Lipinski definition) is 3. The van der Waals surface area contributed by atoms with Crippen molar-refractivity contribution < 1.29 is 28.2 Å². The molecule has 0 radical (unpaired) electrons. The molecule has 32 heavy (non-hydrogen) atoms. The summed E-state index contributed by atoms with van der Waals surface area (Å²) < 4.78 is 40.3. The minimum atomic E-state index is -4.54. The van der Waals surface area contributed by atoms with Gasteiger partial charge in [0, 0.05) is 25.2 Å². The molecule has 3 N–H and O–H groups in total. The molecule has 1 aromatic carbocycles. The van der Waals surface area contributed by atoms with Crippen LogP contribution in [0.25, 0.3) is 22.2 Å². The van der Waals surface area contributed by atoms with Crippen molar-refractivity contribution in [2.45, 2.75) is 25.1 Å². The molecule has 1 aliphatic heterocycles. The molecule has 3 heterocycles. The third-order valence-electron chi connectivity index (χ3n) is 5.21. The maximum Gasteiger partial charge on any atom is 0.416 e. The van der Waals surface area contributed by atoms with Crippen LogP contribution >= 0.6 is 0 Å². The summed E-state index contributed by atoms with van der Waals surface area (Å²) >= 11 is 0. The van der Waals surface area contributed by atoms with Crippen molar-refractivity contribution in [3.05, 3.63) is 30.0 Å². The number of aryl methyl sites for hydroxylation is 1. The van der Waals surface area contributed by atoms with Gasteiger partial charge in [-0.3, -0.25) is 9.48 Å². The number of halogens is 3. The summed E-state index contributed by atoms with van der Waals surface area (Å²) in [5.41, 5.74) is 0.217. The summed E-state index contributed by atoms with van der Waals surface area (Å²) in [6.45, 7) is 1.68. The first-order valence-corrected chi connectivity index (χ1v) is 9.77. The average molecular weight is 452 g/mol. The van der Waals surface area contributed by atoms with Crippen molar-refractivity contribution in [2.75, 3.05) is 25.5 Å². The normalized spacial score (nSPS) is 17.0. The van der Waals surface area contributed by atoms with Gasteiger partial charge >= 0.3 is 6.18 Å². The molecule has 0 bridgehead atoms. The zero-order valence-electron chi connectivity index (χ0n) is 17.5. The molecule has 2 aromatic heterocycles. The van der Waals surface area contributed by atoms with Gasteiger partial charge in [-0.1, -0.05) is 0 Å². The first kappa shape index (κ1) is 23.3. The monoisotopic (exact) mass is 452 g/mol. The lowest BCUT2D eigenvalue weighted by Gasteiger charge is -2.30. The zero-order valence-corrected chi connectivity index (χ0v) is 17.5. The fourth-order valence-electron chi connectivity index (χ4n) is 3.77. The predicted octanol–water partition coefficient (Wildman–Crippen LogP) is 2.96. The highest BCUT2D eigenvalue weighted by Gasteiger charge is 2.31. The first-order chi connectivity index (χ1) is 15.2. The number of fused-ring (bicyclic) bond motifs is 1. The van der Waals surface area contributed by atoms with Crippen LogP contribution in [0.5, 0.6) is 5.75 Å². The number of carboxylic acid groups (broad SMARTS) is 1. The number of likely N-dealkylation sites (tertiary alicyclic amines) is 1. The Bertz CT molecular complexity index is 1100. The lowest BCUT2D eigenvalue weighted by molar-refractivity contribution is -0.137. The smallest absolute Gasteiger partial charge is 0.416 e. The second-order valence-corrected chi connectivity index (χ2v) is 7.51. The molecule has 3 aromatic rings. The van der Waals surface area contributed by atoms with E-state index in [1.807, 2.05) is 0 Å². The Morgan fingerprint density at radius 1 is 1.25 bits per heavy atom. The lowest BCUT2D eigenvalue weighted by Crippen LogP contribution is -2.40. The lowest BCUT2D eigenvalue weighted by atomic mass is 10.0. The number of nitrogens with one attached hydrogen (secondary N) is 1. The summed E-state index contributed by atoms with van der Waals surface area (Å²) in [7, 11) is 3.83. The van der Waals surface area contributed by atoms with Gasteiger partial charge in [0.1, 0.15) is 17.0 Å². The van der Waals surface area contributed by atoms with E-state index in [1.54, 1.807) is 17.9 Å². The Morgan fingerprint density at radius 3 is 2.59 bits per heavy atom. The standard InChI is InChI=1S/C19H21F3N6O.CH2O2/c1-27-7-3-4-12(10-27)24-18-17-14(9-23-28(17)2)16(25-26-18)13-6-5-11(8-15(13)29)19(20,21)22;2-1-3/h5-6,8-9,12,29H,3-4,7,10H2,1-2H3,(H,24,26);1H,(H,2,3)/t12-;/m1./s1. The number of carbonyl (C=O) groups is 1. The van der Waals surface area contributed by atoms with Gasteiger partial charge in [0.2, 0.25) is 0 Å². The summed E-state index contributed by atoms with van der Waals surface area (Å²) in [4.78, 5) is 10.6. The van der Waals surface area contributed by atoms with Crippen LogP contribution in [0.4, 0.5) is 19.0 Å². The number of piperidine rings is 1. The number of phenolic OH excluding ortho intramolecular Hbond substituents is 1. The highest BCUT2D eigenvalue weighted by atomic mass is 19.4. The average Bonchev–Trinajstić information content (AvgIpc) is 3.11. The number of hydrogen-bond acceptors (Lipinski definition) is 7. The van der Waals surface area contributed by atoms with E-state index < -0.39 is 17.5 Å². The molecule has 0 amide bonds. The second kappa shape index (κ2) is 9.39. The predicted molar refractivity (Wildman–Crippen MR) is 111 cm³/mol. The number of benzene rings is 1. The molecule has 1 atom stereocenters. The number of rotatable bonds is 3. The number of aromatic nitrogens is 4. The summed E-state index contributed by atoms with van der Waals surface area (Å²) in [5, 5.41) is 33.9. The van der Waals surface area contributed by atoms with Gasteiger partial charge in [0.15, 0.2) is 5.82 Å². The van der Waals surface area contributed by atoms with Crippen molar-refractivity contribution >= 4 is 23.2 Å². The molecule has 9 nitrogen and oxygen atoms in total. The quantitative estimate of drug-likeness (QED) is 0.520. The summed E-state index contributed by atoms with van der Waals surface area (Å²) in [6, 6.07) is 3.04. The largest absolute Gasteiger partial charge is 0.507 e. The number of nitrogens with zero attached hydrogens (tertiary/aromatic N) is 5. The van der Waals surface area contributed by atoms with Gasteiger partial charge in [-0.25, -0.2) is 0 Å². The molecule has 0 saturated carbocycles. The minimum Gasteiger partial charge on any atom is -0.507 e. The van der Waals surface area contributed by atoms with E-state index in [9.17, 15) is 18.3 Å². The molecular formula is C20H23F3N6O3. The maximum atomic E-state index is 12.9. The Balaban J connectivity index is 0.000000913. The zero-order chi connectivity index (χ0) is 23.5. The van der Waals surface area contributed by atoms with E-state index in [0.29, 0.717) is 22.8 Å². The number of anilines is 1. The van der Waals surface area contributed by atoms with Gasteiger partial charge in [0.25, 0.3) is 6.47 Å². The molecule has 4 rings (SSSR count). The number of phenols is 1. The van der Waals surface area contributed by atoms with E-state index >= 15 is 0 Å². The molecule has 0 aliphatic carbocycles. The molecule has 12 heteroatoms. The first-order valence-electron chi connectivity index (χ1n) is 9.77. The van der Waals surface area contributed by atoms with Crippen molar-refractivity contribution in [1.29, 1.82) is 0 Å². The van der Waals surface area contributed by atoms with Crippen molar-refractivity contribution in [1.82, 2.24) is 24.9 Å². The molecule has 1 fully saturated rings. The van der Waals surface area contributed by atoms with E-state index in [4.69, 9.17) is 9.90 Å². The van der Waals surface area contributed by atoms with Crippen molar-refractivity contribution in [3.63, 3.8) is 0 Å². The highest BCUT2D eigenvalue weighted by molar-refractivity contribution is 5.98. The third kappa shape index (κ3) is 4.90. The fourth-order valence-corrected chi connectivity index (χ4v) is 3.77. The molecule has 0 spiro atoms. The highest BCUT2D eigenvalue weighted by Crippen LogP contribution is 2.38. The van der Waals surface area contributed by atoms with Gasteiger partial charge < -0.3 is 20.4 Å². The summed E-state index contributed by atoms with van der Waals surface area (Å²) in [6.07, 6.45) is -0.874. The van der Waals surface area contributed by atoms with Crippen LogP contribution < -0.4 is 5.32 Å². The van der Waals surface area contributed by atoms with Crippen LogP contribution in [0.2, 0.25) is 0 Å². The Hall–Kier alpha value is -3.41. The topological polar surface area (TPSA) is 116 Å². The molecule has 1 saturated heterocycles. The van der Waals surface area contributed by atoms with Crippen LogP contribution in [0.3, 0.4) is 0 Å². The third-order valence-corrected chi connectivity index (χ3v) is 5.21. The van der Waals surface area contributed by atoms with Crippen LogP contribution in [-0.2, 0) is 18.0 Å². The maximum absolute atomic E-state index is 12.9. The van der Waals surface area contributed by atoms with E-state index in [-0.39, 0.29) is 23.8 Å². The van der Waals surface area contributed by atoms with Gasteiger partial charge in [-0.2, -0.15) is 18.3 Å². The number of alkyl halides is 3. The molecular weight excluding hydrogens is 429 g/mol. The summed E-state index contributed by atoms with van der Waals surface area (Å²) in [5.74, 6) is 0.0596. The van der Waals surface area contributed by atoms with Crippen LogP contribution in [-0.4, -0.2) is 67.7 Å². The minimum absolute atomic E-state index is 0.174. The molecule has 0 unspecified atom stereocenters. The van der Waals surface area contributed by atoms with Crippen LogP contribution in [0, 0.1) is 0 Å². The van der Waals surface area contributed by atoms with E-state index in [1.165, 1.54) is 6.07 Å². The second-order valence-electron chi connectivity index (χ2n) is 7.51. The molecule has 172 valence electrons. The van der Waals surface area contributed by atoms with E-state index in [2.05, 4.69) is 32.6 Å². The Morgan fingerprint density at radius 2 is 1.97 bits per heavy atom. The van der Waals surface area contributed by atoms with Crippen molar-refractivity contribution in [3.8, 4) is 17.0 Å². The SMILES string of the molecule is CN1CCC[C@@H](Nc2nnc(-c3ccc(C(F)(F)F)cc3O)c3cnn(C)c23)C1.O=CO. The number of aromatic hydroxyl groups is 1. The van der Waals surface area contributed by atoms with Crippen molar-refractivity contribution in [2.24, 2.45) is 7.05 Å². The Kier molecular flexibility index (Phi) is 6.82. The Labute approximate surface area is 181 Å². The van der Waals surface area contributed by atoms with Crippen LogP contribution in [0.1, 0.15) is 18.4 Å². The van der Waals surface area contributed by atoms with Gasteiger partial charge in [0.05, 0.1) is 17.1 Å². The van der Waals surface area contributed by atoms with E-state index in [0.717, 1.165) is 32.0 Å². The van der Waals surface area contributed by atoms with Gasteiger partial charge in [-0.15, -0.1) is 10.2 Å². The van der Waals surface area contributed by atoms with Gasteiger partial charge in [-0.05, 0) is 44.6 Å². The number of likely N-dealkylation sites (N-methyl/N-ethyl adjacent to an activating group) is 1. The van der Waals surface area contributed by atoms with Crippen LogP contribution in [0.15, 0.2) is 24.4 Å². The molecule has 1 aliphatic rings. The fraction of sp³-hybridized carbons (Fsp3) is 0.400.